The van der Waals surface area contributed by atoms with E-state index < -0.39 is 6.10 Å². The van der Waals surface area contributed by atoms with Gasteiger partial charge < -0.3 is 5.11 Å². The van der Waals surface area contributed by atoms with Crippen LogP contribution in [0.15, 0.2) is 77.7 Å². The molecule has 0 heterocycles. The van der Waals surface area contributed by atoms with Crippen LogP contribution < -0.4 is 0 Å². The van der Waals surface area contributed by atoms with Crippen molar-refractivity contribution in [1.29, 1.82) is 0 Å². The maximum absolute atomic E-state index is 10.4. The lowest BCUT2D eigenvalue weighted by Crippen LogP contribution is -2.01. The lowest BCUT2D eigenvalue weighted by Gasteiger charge is -2.16. The molecule has 0 saturated heterocycles. The number of aliphatic hydroxyl groups is 1. The molecule has 0 amide bonds. The summed E-state index contributed by atoms with van der Waals surface area (Å²) in [5.74, 6) is 0. The Balaban J connectivity index is 2.24. The fourth-order valence-electron chi connectivity index (χ4n) is 1.95. The molecular weight excluding hydrogens is 264 g/mol. The summed E-state index contributed by atoms with van der Waals surface area (Å²) in [5.41, 5.74) is 2.70. The zero-order valence-corrected chi connectivity index (χ0v) is 12.3. The Morgan fingerprint density at radius 2 is 1.60 bits per heavy atom. The number of thioether (sulfide) groups is 1. The summed E-state index contributed by atoms with van der Waals surface area (Å²) in [6, 6.07) is 19.7. The Hall–Kier alpha value is -1.77. The normalized spacial score (nSPS) is 13.0. The molecule has 0 saturated carbocycles. The second-order valence-corrected chi connectivity index (χ2v) is 5.31. The van der Waals surface area contributed by atoms with Crippen molar-refractivity contribution in [2.75, 3.05) is 6.26 Å². The quantitative estimate of drug-likeness (QED) is 0.803. The minimum Gasteiger partial charge on any atom is -0.384 e. The first kappa shape index (κ1) is 14.6. The van der Waals surface area contributed by atoms with Gasteiger partial charge in [0.1, 0.15) is 6.10 Å². The van der Waals surface area contributed by atoms with E-state index in [2.05, 4.69) is 12.7 Å². The average Bonchev–Trinajstić information content (AvgIpc) is 2.53. The Morgan fingerprint density at radius 1 is 1.05 bits per heavy atom. The van der Waals surface area contributed by atoms with Gasteiger partial charge in [0.05, 0.1) is 0 Å². The SMILES string of the molecule is C=C(/C(=C/c1ccccc1)SC)C(O)c1ccccc1. The second-order valence-electron chi connectivity index (χ2n) is 4.46. The van der Waals surface area contributed by atoms with Gasteiger partial charge in [-0.3, -0.25) is 0 Å². The maximum atomic E-state index is 10.4. The van der Waals surface area contributed by atoms with Crippen LogP contribution in [-0.2, 0) is 0 Å². The van der Waals surface area contributed by atoms with Crippen molar-refractivity contribution in [2.24, 2.45) is 0 Å². The van der Waals surface area contributed by atoms with Crippen molar-refractivity contribution >= 4 is 17.8 Å². The molecule has 0 aliphatic rings. The number of hydrogen-bond donors (Lipinski definition) is 1. The molecule has 2 aromatic rings. The monoisotopic (exact) mass is 282 g/mol. The molecule has 102 valence electrons. The van der Waals surface area contributed by atoms with Crippen molar-refractivity contribution in [3.63, 3.8) is 0 Å². The first-order chi connectivity index (χ1) is 9.72. The van der Waals surface area contributed by atoms with Crippen molar-refractivity contribution in [3.05, 3.63) is 88.8 Å². The van der Waals surface area contributed by atoms with E-state index >= 15 is 0 Å². The molecular formula is C18H18OS. The van der Waals surface area contributed by atoms with Crippen molar-refractivity contribution in [3.8, 4) is 0 Å². The van der Waals surface area contributed by atoms with E-state index in [1.54, 1.807) is 11.8 Å². The van der Waals surface area contributed by atoms with Gasteiger partial charge in [-0.2, -0.15) is 0 Å². The number of rotatable bonds is 5. The second kappa shape index (κ2) is 7.13. The molecule has 1 unspecified atom stereocenters. The van der Waals surface area contributed by atoms with Gasteiger partial charge in [0.25, 0.3) is 0 Å². The molecule has 2 aromatic carbocycles. The highest BCUT2D eigenvalue weighted by Crippen LogP contribution is 2.32. The van der Waals surface area contributed by atoms with Crippen LogP contribution in [0.3, 0.4) is 0 Å². The average molecular weight is 282 g/mol. The predicted octanol–water partition coefficient (Wildman–Crippen LogP) is 4.68. The molecule has 0 bridgehead atoms. The summed E-state index contributed by atoms with van der Waals surface area (Å²) in [4.78, 5) is 0.993. The van der Waals surface area contributed by atoms with Gasteiger partial charge in [0.15, 0.2) is 0 Å². The third-order valence-corrected chi connectivity index (χ3v) is 3.90. The summed E-state index contributed by atoms with van der Waals surface area (Å²) < 4.78 is 0. The highest BCUT2D eigenvalue weighted by molar-refractivity contribution is 8.02. The standard InChI is InChI=1S/C18H18OS/c1-14(18(19)16-11-7-4-8-12-16)17(20-2)13-15-9-5-3-6-10-15/h3-13,18-19H,1H2,2H3/b17-13-. The molecule has 0 aromatic heterocycles. The summed E-state index contributed by atoms with van der Waals surface area (Å²) in [6.45, 7) is 4.06. The first-order valence-corrected chi connectivity index (χ1v) is 7.67. The lowest BCUT2D eigenvalue weighted by atomic mass is 10.0. The molecule has 2 heteroatoms. The smallest absolute Gasteiger partial charge is 0.105 e. The van der Waals surface area contributed by atoms with Crippen LogP contribution in [0.5, 0.6) is 0 Å². The van der Waals surface area contributed by atoms with E-state index in [9.17, 15) is 5.11 Å². The maximum Gasteiger partial charge on any atom is 0.105 e. The van der Waals surface area contributed by atoms with E-state index in [-0.39, 0.29) is 0 Å². The fourth-order valence-corrected chi connectivity index (χ4v) is 2.58. The van der Waals surface area contributed by atoms with E-state index in [1.165, 1.54) is 0 Å². The molecule has 0 fully saturated rings. The summed E-state index contributed by atoms with van der Waals surface area (Å²) in [5, 5.41) is 10.4. The Kier molecular flexibility index (Phi) is 5.22. The fraction of sp³-hybridized carbons (Fsp3) is 0.111. The van der Waals surface area contributed by atoms with E-state index in [0.29, 0.717) is 0 Å². The Labute approximate surface area is 124 Å². The van der Waals surface area contributed by atoms with E-state index in [4.69, 9.17) is 0 Å². The third-order valence-electron chi connectivity index (χ3n) is 3.08. The number of aliphatic hydroxyl groups excluding tert-OH is 1. The molecule has 1 N–H and O–H groups in total. The minimum absolute atomic E-state index is 0.668. The highest BCUT2D eigenvalue weighted by Gasteiger charge is 2.14. The topological polar surface area (TPSA) is 20.2 Å². The lowest BCUT2D eigenvalue weighted by molar-refractivity contribution is 0.220. The van der Waals surface area contributed by atoms with E-state index in [1.807, 2.05) is 66.9 Å². The van der Waals surface area contributed by atoms with Gasteiger partial charge in [-0.1, -0.05) is 67.2 Å². The van der Waals surface area contributed by atoms with Crippen LogP contribution in [0.25, 0.3) is 6.08 Å². The Morgan fingerprint density at radius 3 is 2.15 bits per heavy atom. The zero-order chi connectivity index (χ0) is 14.4. The summed E-state index contributed by atoms with van der Waals surface area (Å²) in [6.07, 6.45) is 3.38. The van der Waals surface area contributed by atoms with E-state index in [0.717, 1.165) is 21.6 Å². The van der Waals surface area contributed by atoms with Crippen LogP contribution in [0, 0.1) is 0 Å². The number of hydrogen-bond acceptors (Lipinski definition) is 2. The predicted molar refractivity (Wildman–Crippen MR) is 88.5 cm³/mol. The van der Waals surface area contributed by atoms with Crippen LogP contribution >= 0.6 is 11.8 Å². The van der Waals surface area contributed by atoms with Crippen LogP contribution in [-0.4, -0.2) is 11.4 Å². The highest BCUT2D eigenvalue weighted by atomic mass is 32.2. The van der Waals surface area contributed by atoms with Gasteiger partial charge in [0, 0.05) is 4.91 Å². The molecule has 20 heavy (non-hydrogen) atoms. The summed E-state index contributed by atoms with van der Waals surface area (Å²) >= 11 is 1.60. The minimum atomic E-state index is -0.668. The molecule has 0 spiro atoms. The van der Waals surface area contributed by atoms with Crippen LogP contribution in [0.4, 0.5) is 0 Å². The molecule has 2 rings (SSSR count). The van der Waals surface area contributed by atoms with Crippen LogP contribution in [0.2, 0.25) is 0 Å². The molecule has 0 aliphatic heterocycles. The van der Waals surface area contributed by atoms with Crippen molar-refractivity contribution in [1.82, 2.24) is 0 Å². The third kappa shape index (κ3) is 3.62. The van der Waals surface area contributed by atoms with Crippen LogP contribution in [0.1, 0.15) is 17.2 Å². The number of benzene rings is 2. The molecule has 1 atom stereocenters. The molecule has 0 aliphatic carbocycles. The molecule has 0 radical (unpaired) electrons. The Bertz CT molecular complexity index is 587. The van der Waals surface area contributed by atoms with Gasteiger partial charge >= 0.3 is 0 Å². The largest absolute Gasteiger partial charge is 0.384 e. The van der Waals surface area contributed by atoms with Gasteiger partial charge in [-0.05, 0) is 29.0 Å². The zero-order valence-electron chi connectivity index (χ0n) is 11.5. The summed E-state index contributed by atoms with van der Waals surface area (Å²) in [7, 11) is 0. The van der Waals surface area contributed by atoms with Crippen molar-refractivity contribution < 1.29 is 5.11 Å². The first-order valence-electron chi connectivity index (χ1n) is 6.45. The van der Waals surface area contributed by atoms with Crippen molar-refractivity contribution in [2.45, 2.75) is 6.10 Å². The molecule has 1 nitrogen and oxygen atoms in total. The van der Waals surface area contributed by atoms with Gasteiger partial charge in [0.2, 0.25) is 0 Å². The van der Waals surface area contributed by atoms with Gasteiger partial charge in [-0.25, -0.2) is 0 Å². The van der Waals surface area contributed by atoms with Gasteiger partial charge in [-0.15, -0.1) is 11.8 Å².